The number of benzene rings is 2. The predicted octanol–water partition coefficient (Wildman–Crippen LogP) is 5.70. The Labute approximate surface area is 223 Å². The van der Waals surface area contributed by atoms with E-state index in [1.165, 1.54) is 12.4 Å². The quantitative estimate of drug-likeness (QED) is 0.330. The number of hydrogen-bond acceptors (Lipinski definition) is 7. The third kappa shape index (κ3) is 7.81. The minimum absolute atomic E-state index is 0.00708. The first-order chi connectivity index (χ1) is 17.4. The highest BCUT2D eigenvalue weighted by Crippen LogP contribution is 2.38. The highest BCUT2D eigenvalue weighted by atomic mass is 35.5. The largest absolute Gasteiger partial charge is 0.491 e. The van der Waals surface area contributed by atoms with Crippen LogP contribution in [-0.2, 0) is 22.0 Å². The van der Waals surface area contributed by atoms with E-state index < -0.39 is 15.4 Å². The van der Waals surface area contributed by atoms with Crippen LogP contribution in [0, 0.1) is 17.2 Å². The van der Waals surface area contributed by atoms with E-state index >= 15 is 0 Å². The van der Waals surface area contributed by atoms with E-state index in [1.54, 1.807) is 0 Å². The maximum Gasteiger partial charge on any atom is 0.236 e. The lowest BCUT2D eigenvalue weighted by atomic mass is 9.77. The summed E-state index contributed by atoms with van der Waals surface area (Å²) in [5, 5.41) is 10.1. The number of sulfonamides is 1. The molecule has 1 heterocycles. The molecule has 0 radical (unpaired) electrons. The number of aromatic nitrogens is 2. The van der Waals surface area contributed by atoms with Gasteiger partial charge in [-0.2, -0.15) is 5.26 Å². The Balaban J connectivity index is 1.70. The average molecular weight is 543 g/mol. The fourth-order valence-electron chi connectivity index (χ4n) is 3.53. The Bertz CT molecular complexity index is 1370. The zero-order valence-corrected chi connectivity index (χ0v) is 23.2. The Kier molecular flexibility index (Phi) is 9.00. The van der Waals surface area contributed by atoms with Gasteiger partial charge in [-0.15, -0.1) is 0 Å². The van der Waals surface area contributed by atoms with Gasteiger partial charge in [-0.1, -0.05) is 51.4 Å². The highest BCUT2D eigenvalue weighted by molar-refractivity contribution is 7.91. The van der Waals surface area contributed by atoms with Gasteiger partial charge in [0.25, 0.3) is 0 Å². The van der Waals surface area contributed by atoms with Crippen molar-refractivity contribution in [3.63, 3.8) is 0 Å². The molecule has 0 saturated carbocycles. The Morgan fingerprint density at radius 1 is 1.08 bits per heavy atom. The Hall–Kier alpha value is -3.35. The molecule has 2 aromatic carbocycles. The van der Waals surface area contributed by atoms with Crippen LogP contribution in [-0.4, -0.2) is 31.2 Å². The second-order valence-electron chi connectivity index (χ2n) is 9.70. The summed E-state index contributed by atoms with van der Waals surface area (Å²) in [7, 11) is -3.43. The van der Waals surface area contributed by atoms with Crippen LogP contribution in [0.1, 0.15) is 56.4 Å². The van der Waals surface area contributed by atoms with Gasteiger partial charge in [0.05, 0.1) is 23.4 Å². The van der Waals surface area contributed by atoms with Crippen molar-refractivity contribution in [2.75, 3.05) is 17.6 Å². The van der Waals surface area contributed by atoms with Crippen molar-refractivity contribution >= 4 is 27.6 Å². The van der Waals surface area contributed by atoms with Crippen molar-refractivity contribution in [2.24, 2.45) is 5.92 Å². The second kappa shape index (κ2) is 11.8. The first-order valence-corrected chi connectivity index (χ1v) is 14.0. The smallest absolute Gasteiger partial charge is 0.236 e. The number of halogens is 1. The maximum absolute atomic E-state index is 11.3. The molecule has 8 nitrogen and oxygen atoms in total. The van der Waals surface area contributed by atoms with Crippen molar-refractivity contribution in [1.29, 1.82) is 5.26 Å². The van der Waals surface area contributed by atoms with E-state index in [9.17, 15) is 13.7 Å². The fraction of sp³-hybridized carbons (Fsp3) is 0.370. The van der Waals surface area contributed by atoms with E-state index in [0.717, 1.165) is 23.8 Å². The molecule has 3 aromatic rings. The first kappa shape index (κ1) is 28.2. The molecule has 37 heavy (non-hydrogen) atoms. The number of ether oxygens (including phenoxy) is 2. The molecule has 10 heteroatoms. The Morgan fingerprint density at radius 2 is 1.73 bits per heavy atom. The molecule has 0 aliphatic heterocycles. The van der Waals surface area contributed by atoms with Gasteiger partial charge in [0, 0.05) is 23.4 Å². The van der Waals surface area contributed by atoms with Crippen molar-refractivity contribution < 1.29 is 17.9 Å². The van der Waals surface area contributed by atoms with Crippen LogP contribution in [0.15, 0.2) is 48.8 Å². The van der Waals surface area contributed by atoms with Crippen molar-refractivity contribution in [2.45, 2.75) is 46.1 Å². The van der Waals surface area contributed by atoms with Crippen molar-refractivity contribution in [3.05, 3.63) is 76.1 Å². The zero-order chi connectivity index (χ0) is 27.2. The number of anilines is 1. The minimum Gasteiger partial charge on any atom is -0.491 e. The van der Waals surface area contributed by atoms with Crippen LogP contribution in [0.4, 0.5) is 5.95 Å². The molecule has 0 unspecified atom stereocenters. The van der Waals surface area contributed by atoms with E-state index in [4.69, 9.17) is 21.1 Å². The number of hydrogen-bond donors (Lipinski definition) is 1. The lowest BCUT2D eigenvalue weighted by Gasteiger charge is -2.27. The van der Waals surface area contributed by atoms with Crippen LogP contribution in [0.3, 0.4) is 0 Å². The molecule has 196 valence electrons. The number of rotatable bonds is 11. The first-order valence-electron chi connectivity index (χ1n) is 11.8. The van der Waals surface area contributed by atoms with Gasteiger partial charge in [-0.05, 0) is 47.7 Å². The predicted molar refractivity (Wildman–Crippen MR) is 145 cm³/mol. The molecule has 3 rings (SSSR count). The monoisotopic (exact) mass is 542 g/mol. The van der Waals surface area contributed by atoms with Crippen LogP contribution >= 0.6 is 11.6 Å². The second-order valence-corrected chi connectivity index (χ2v) is 11.9. The topological polar surface area (TPSA) is 114 Å². The van der Waals surface area contributed by atoms with Crippen LogP contribution in [0.2, 0.25) is 5.02 Å². The van der Waals surface area contributed by atoms with Crippen LogP contribution in [0.5, 0.6) is 11.5 Å². The van der Waals surface area contributed by atoms with Gasteiger partial charge >= 0.3 is 0 Å². The lowest BCUT2D eigenvalue weighted by Crippen LogP contribution is -2.19. The van der Waals surface area contributed by atoms with Crippen molar-refractivity contribution in [1.82, 2.24) is 9.97 Å². The molecule has 0 spiro atoms. The Morgan fingerprint density at radius 3 is 2.30 bits per heavy atom. The standard InChI is InChI=1S/C27H31ClN4O4S/c1-18(2)10-11-35-25-20(14-29)12-22(13-24(25)28)27(3,4)21-6-8-23(9-7-21)36-17-19-15-30-26(31-16-19)32-37(5,33)34/h6-9,12-13,15-16,18H,10-11,17H2,1-5H3,(H,30,31,32). The molecule has 1 aromatic heterocycles. The summed E-state index contributed by atoms with van der Waals surface area (Å²) < 4.78 is 36.4. The van der Waals surface area contributed by atoms with Gasteiger partial charge in [0.1, 0.15) is 18.4 Å². The van der Waals surface area contributed by atoms with Gasteiger partial charge in [-0.25, -0.2) is 18.4 Å². The van der Waals surface area contributed by atoms with E-state index in [-0.39, 0.29) is 12.6 Å². The van der Waals surface area contributed by atoms with Crippen LogP contribution in [0.25, 0.3) is 0 Å². The summed E-state index contributed by atoms with van der Waals surface area (Å²) in [5.41, 5.74) is 2.60. The summed E-state index contributed by atoms with van der Waals surface area (Å²) in [6.45, 7) is 9.10. The SMILES string of the molecule is CC(C)CCOc1c(Cl)cc(C(C)(C)c2ccc(OCc3cnc(NS(C)(=O)=O)nc3)cc2)cc1C#N. The summed E-state index contributed by atoms with van der Waals surface area (Å²) in [6.07, 6.45) is 4.92. The summed E-state index contributed by atoms with van der Waals surface area (Å²) in [6, 6.07) is 13.6. The van der Waals surface area contributed by atoms with E-state index in [1.807, 2.05) is 36.4 Å². The third-order valence-corrected chi connectivity index (χ3v) is 6.62. The highest BCUT2D eigenvalue weighted by Gasteiger charge is 2.26. The number of nitriles is 1. The molecule has 1 N–H and O–H groups in total. The van der Waals surface area contributed by atoms with Gasteiger partial charge in [0.15, 0.2) is 5.75 Å². The van der Waals surface area contributed by atoms with Crippen LogP contribution < -0.4 is 14.2 Å². The molecule has 0 aliphatic carbocycles. The average Bonchev–Trinajstić information content (AvgIpc) is 2.83. The summed E-state index contributed by atoms with van der Waals surface area (Å²) in [4.78, 5) is 7.97. The zero-order valence-electron chi connectivity index (χ0n) is 21.6. The molecule has 0 fully saturated rings. The van der Waals surface area contributed by atoms with Crippen molar-refractivity contribution in [3.8, 4) is 17.6 Å². The minimum atomic E-state index is -3.43. The molecular weight excluding hydrogens is 512 g/mol. The molecule has 0 bridgehead atoms. The summed E-state index contributed by atoms with van der Waals surface area (Å²) in [5.74, 6) is 1.58. The molecule has 0 aliphatic rings. The molecule has 0 amide bonds. The molecular formula is C27H31ClN4O4S. The third-order valence-electron chi connectivity index (χ3n) is 5.79. The number of nitrogens with zero attached hydrogens (tertiary/aromatic N) is 3. The summed E-state index contributed by atoms with van der Waals surface area (Å²) >= 11 is 6.55. The molecule has 0 saturated heterocycles. The van der Waals surface area contributed by atoms with Gasteiger partial charge < -0.3 is 9.47 Å². The molecule has 0 atom stereocenters. The fourth-order valence-corrected chi connectivity index (χ4v) is 4.24. The maximum atomic E-state index is 11.3. The van der Waals surface area contributed by atoms with Gasteiger partial charge in [-0.3, -0.25) is 4.72 Å². The normalized spacial score (nSPS) is 11.7. The van der Waals surface area contributed by atoms with E-state index in [0.29, 0.717) is 40.2 Å². The van der Waals surface area contributed by atoms with Gasteiger partial charge in [0.2, 0.25) is 16.0 Å². The lowest BCUT2D eigenvalue weighted by molar-refractivity contribution is 0.289. The number of nitrogens with one attached hydrogen (secondary N) is 1. The van der Waals surface area contributed by atoms with E-state index in [2.05, 4.69) is 48.5 Å².